The zero-order valence-corrected chi connectivity index (χ0v) is 17.5. The summed E-state index contributed by atoms with van der Waals surface area (Å²) in [5.41, 5.74) is 5.97. The molecule has 6 heteroatoms. The zero-order chi connectivity index (χ0) is 21.0. The number of benzene rings is 2. The SMILES string of the molecule is CC(=O)Nc1ccc(Nc2nc(C)cc(Nc3c(C)cccc3C(C)C)n2)cc1. The van der Waals surface area contributed by atoms with Crippen molar-refractivity contribution >= 4 is 34.7 Å². The highest BCUT2D eigenvalue weighted by molar-refractivity contribution is 5.88. The summed E-state index contributed by atoms with van der Waals surface area (Å²) in [5.74, 6) is 1.56. The summed E-state index contributed by atoms with van der Waals surface area (Å²) >= 11 is 0. The van der Waals surface area contributed by atoms with Gasteiger partial charge < -0.3 is 16.0 Å². The van der Waals surface area contributed by atoms with E-state index in [1.807, 2.05) is 37.3 Å². The largest absolute Gasteiger partial charge is 0.340 e. The molecule has 3 aromatic rings. The summed E-state index contributed by atoms with van der Waals surface area (Å²) in [6.45, 7) is 9.89. The van der Waals surface area contributed by atoms with E-state index in [9.17, 15) is 4.79 Å². The molecule has 6 nitrogen and oxygen atoms in total. The van der Waals surface area contributed by atoms with E-state index < -0.39 is 0 Å². The molecule has 0 atom stereocenters. The average molecular weight is 390 g/mol. The van der Waals surface area contributed by atoms with Crippen molar-refractivity contribution in [2.24, 2.45) is 0 Å². The molecule has 0 radical (unpaired) electrons. The standard InChI is InChI=1S/C23H27N5O/c1-14(2)20-8-6-7-15(3)22(20)27-21-13-16(4)24-23(28-21)26-19-11-9-18(10-12-19)25-17(5)29/h6-14H,1-5H3,(H,25,29)(H2,24,26,27,28). The highest BCUT2D eigenvalue weighted by Gasteiger charge is 2.11. The van der Waals surface area contributed by atoms with Crippen LogP contribution in [0.15, 0.2) is 48.5 Å². The molecule has 0 unspecified atom stereocenters. The van der Waals surface area contributed by atoms with Gasteiger partial charge in [-0.1, -0.05) is 32.0 Å². The second-order valence-electron chi connectivity index (χ2n) is 7.42. The maximum atomic E-state index is 11.2. The molecule has 0 fully saturated rings. The van der Waals surface area contributed by atoms with E-state index in [-0.39, 0.29) is 5.91 Å². The number of aromatic nitrogens is 2. The van der Waals surface area contributed by atoms with Crippen molar-refractivity contribution in [3.05, 3.63) is 65.4 Å². The second kappa shape index (κ2) is 8.73. The van der Waals surface area contributed by atoms with Gasteiger partial charge in [-0.2, -0.15) is 4.98 Å². The fourth-order valence-electron chi connectivity index (χ4n) is 3.13. The lowest BCUT2D eigenvalue weighted by atomic mass is 9.98. The first kappa shape index (κ1) is 20.3. The normalized spacial score (nSPS) is 10.7. The Labute approximate surface area is 171 Å². The minimum absolute atomic E-state index is 0.0968. The minimum Gasteiger partial charge on any atom is -0.340 e. The van der Waals surface area contributed by atoms with Crippen molar-refractivity contribution in [1.82, 2.24) is 9.97 Å². The third-order valence-corrected chi connectivity index (χ3v) is 4.50. The van der Waals surface area contributed by atoms with Gasteiger partial charge in [0.25, 0.3) is 0 Å². The Hall–Kier alpha value is -3.41. The van der Waals surface area contributed by atoms with Gasteiger partial charge in [0.1, 0.15) is 5.82 Å². The Morgan fingerprint density at radius 1 is 0.931 bits per heavy atom. The molecule has 150 valence electrons. The first-order valence-electron chi connectivity index (χ1n) is 9.68. The molecule has 1 aromatic heterocycles. The predicted molar refractivity (Wildman–Crippen MR) is 119 cm³/mol. The lowest BCUT2D eigenvalue weighted by Crippen LogP contribution is -2.06. The molecule has 2 aromatic carbocycles. The lowest BCUT2D eigenvalue weighted by Gasteiger charge is -2.17. The third kappa shape index (κ3) is 5.31. The van der Waals surface area contributed by atoms with Crippen LogP contribution in [-0.2, 0) is 4.79 Å². The molecular formula is C23H27N5O. The monoisotopic (exact) mass is 389 g/mol. The number of nitrogens with zero attached hydrogens (tertiary/aromatic N) is 2. The molecule has 0 aliphatic carbocycles. The van der Waals surface area contributed by atoms with Crippen LogP contribution in [0.1, 0.15) is 43.5 Å². The van der Waals surface area contributed by atoms with Crippen LogP contribution in [-0.4, -0.2) is 15.9 Å². The van der Waals surface area contributed by atoms with Gasteiger partial charge in [0.15, 0.2) is 0 Å². The van der Waals surface area contributed by atoms with E-state index in [0.29, 0.717) is 11.9 Å². The number of aryl methyl sites for hydroxylation is 2. The Bertz CT molecular complexity index is 1010. The third-order valence-electron chi connectivity index (χ3n) is 4.50. The Balaban J connectivity index is 1.83. The van der Waals surface area contributed by atoms with Gasteiger partial charge in [-0.05, 0) is 55.2 Å². The van der Waals surface area contributed by atoms with Crippen molar-refractivity contribution in [1.29, 1.82) is 0 Å². The number of carbonyl (C=O) groups excluding carboxylic acids is 1. The molecule has 0 saturated carbocycles. The fraction of sp³-hybridized carbons (Fsp3) is 0.261. The number of hydrogen-bond donors (Lipinski definition) is 3. The highest BCUT2D eigenvalue weighted by atomic mass is 16.1. The van der Waals surface area contributed by atoms with Gasteiger partial charge in [0.2, 0.25) is 11.9 Å². The maximum absolute atomic E-state index is 11.2. The summed E-state index contributed by atoms with van der Waals surface area (Å²) in [6.07, 6.45) is 0. The number of nitrogens with one attached hydrogen (secondary N) is 3. The van der Waals surface area contributed by atoms with Crippen molar-refractivity contribution in [2.75, 3.05) is 16.0 Å². The predicted octanol–water partition coefficient (Wildman–Crippen LogP) is 5.66. The van der Waals surface area contributed by atoms with Gasteiger partial charge in [0, 0.05) is 35.7 Å². The first-order valence-corrected chi connectivity index (χ1v) is 9.68. The molecule has 0 aliphatic rings. The highest BCUT2D eigenvalue weighted by Crippen LogP contribution is 2.30. The van der Waals surface area contributed by atoms with E-state index in [0.717, 1.165) is 28.6 Å². The second-order valence-corrected chi connectivity index (χ2v) is 7.42. The van der Waals surface area contributed by atoms with Crippen LogP contribution in [0.4, 0.5) is 28.8 Å². The van der Waals surface area contributed by atoms with E-state index >= 15 is 0 Å². The summed E-state index contributed by atoms with van der Waals surface area (Å²) in [4.78, 5) is 20.3. The van der Waals surface area contributed by atoms with Crippen LogP contribution < -0.4 is 16.0 Å². The Kier molecular flexibility index (Phi) is 6.12. The Morgan fingerprint density at radius 2 is 1.62 bits per heavy atom. The molecule has 1 amide bonds. The molecule has 0 bridgehead atoms. The Morgan fingerprint density at radius 3 is 2.28 bits per heavy atom. The molecule has 0 saturated heterocycles. The summed E-state index contributed by atoms with van der Waals surface area (Å²) in [6, 6.07) is 15.7. The number of amides is 1. The van der Waals surface area contributed by atoms with Crippen LogP contribution in [0.2, 0.25) is 0 Å². The quantitative estimate of drug-likeness (QED) is 0.507. The number of para-hydroxylation sites is 1. The van der Waals surface area contributed by atoms with Crippen molar-refractivity contribution in [3.63, 3.8) is 0 Å². The average Bonchev–Trinajstić information content (AvgIpc) is 2.64. The zero-order valence-electron chi connectivity index (χ0n) is 17.5. The van der Waals surface area contributed by atoms with Crippen LogP contribution in [0, 0.1) is 13.8 Å². The number of carbonyl (C=O) groups is 1. The first-order chi connectivity index (χ1) is 13.8. The summed E-state index contributed by atoms with van der Waals surface area (Å²) in [5, 5.41) is 9.46. The number of anilines is 5. The maximum Gasteiger partial charge on any atom is 0.229 e. The van der Waals surface area contributed by atoms with Gasteiger partial charge in [-0.25, -0.2) is 4.98 Å². The smallest absolute Gasteiger partial charge is 0.229 e. The molecule has 3 N–H and O–H groups in total. The number of rotatable bonds is 6. The summed E-state index contributed by atoms with van der Waals surface area (Å²) < 4.78 is 0. The minimum atomic E-state index is -0.0968. The van der Waals surface area contributed by atoms with E-state index in [4.69, 9.17) is 0 Å². The molecular weight excluding hydrogens is 362 g/mol. The van der Waals surface area contributed by atoms with Crippen molar-refractivity contribution in [3.8, 4) is 0 Å². The van der Waals surface area contributed by atoms with E-state index in [2.05, 4.69) is 64.9 Å². The van der Waals surface area contributed by atoms with Crippen LogP contribution in [0.25, 0.3) is 0 Å². The molecule has 0 spiro atoms. The van der Waals surface area contributed by atoms with Gasteiger partial charge in [0.05, 0.1) is 0 Å². The van der Waals surface area contributed by atoms with Crippen LogP contribution in [0.5, 0.6) is 0 Å². The lowest BCUT2D eigenvalue weighted by molar-refractivity contribution is -0.114. The van der Waals surface area contributed by atoms with Crippen LogP contribution in [0.3, 0.4) is 0 Å². The van der Waals surface area contributed by atoms with E-state index in [1.54, 1.807) is 0 Å². The van der Waals surface area contributed by atoms with E-state index in [1.165, 1.54) is 18.1 Å². The topological polar surface area (TPSA) is 78.9 Å². The van der Waals surface area contributed by atoms with Gasteiger partial charge >= 0.3 is 0 Å². The van der Waals surface area contributed by atoms with Gasteiger partial charge in [-0.15, -0.1) is 0 Å². The molecule has 29 heavy (non-hydrogen) atoms. The van der Waals surface area contributed by atoms with Gasteiger partial charge in [-0.3, -0.25) is 4.79 Å². The molecule has 0 aliphatic heterocycles. The molecule has 1 heterocycles. The van der Waals surface area contributed by atoms with Crippen molar-refractivity contribution < 1.29 is 4.79 Å². The van der Waals surface area contributed by atoms with Crippen molar-refractivity contribution in [2.45, 2.75) is 40.5 Å². The molecule has 3 rings (SSSR count). The summed E-state index contributed by atoms with van der Waals surface area (Å²) in [7, 11) is 0. The van der Waals surface area contributed by atoms with Crippen LogP contribution >= 0.6 is 0 Å². The fourth-order valence-corrected chi connectivity index (χ4v) is 3.13. The number of hydrogen-bond acceptors (Lipinski definition) is 5.